The maximum Gasteiger partial charge on any atom is 0.101 e. The molecule has 0 aromatic heterocycles. The Hall–Kier alpha value is -1.53. The van der Waals surface area contributed by atoms with Crippen molar-refractivity contribution in [2.45, 2.75) is 37.6 Å². The van der Waals surface area contributed by atoms with Crippen LogP contribution in [0.4, 0.5) is 5.69 Å². The molecule has 94 valence electrons. The molecule has 0 spiro atoms. The first-order chi connectivity index (χ1) is 8.88. The number of hydrogen-bond acceptors (Lipinski definition) is 3. The molecule has 0 bridgehead atoms. The molecule has 1 aromatic rings. The second-order valence-corrected chi connectivity index (χ2v) is 5.34. The first-order valence-corrected chi connectivity index (χ1v) is 6.89. The normalized spacial score (nSPS) is 26.2. The molecule has 1 unspecified atom stereocenters. The lowest BCUT2D eigenvalue weighted by atomic mass is 9.89. The molecule has 3 rings (SSSR count). The van der Waals surface area contributed by atoms with E-state index in [1.807, 2.05) is 12.1 Å². The Balaban J connectivity index is 1.76. The monoisotopic (exact) mass is 241 g/mol. The van der Waals surface area contributed by atoms with Crippen molar-refractivity contribution in [1.82, 2.24) is 5.32 Å². The fourth-order valence-corrected chi connectivity index (χ4v) is 3.21. The van der Waals surface area contributed by atoms with Crippen molar-refractivity contribution in [2.75, 3.05) is 18.4 Å². The van der Waals surface area contributed by atoms with Gasteiger partial charge in [-0.1, -0.05) is 18.6 Å². The van der Waals surface area contributed by atoms with Gasteiger partial charge in [0.1, 0.15) is 6.07 Å². The van der Waals surface area contributed by atoms with Gasteiger partial charge in [0.2, 0.25) is 0 Å². The number of nitrogens with one attached hydrogen (secondary N) is 2. The van der Waals surface area contributed by atoms with E-state index in [0.717, 1.165) is 24.3 Å². The summed E-state index contributed by atoms with van der Waals surface area (Å²) in [6.45, 7) is 2.14. The van der Waals surface area contributed by atoms with Gasteiger partial charge in [-0.05, 0) is 37.4 Å². The second kappa shape index (κ2) is 4.99. The lowest BCUT2D eigenvalue weighted by Crippen LogP contribution is -2.35. The van der Waals surface area contributed by atoms with Gasteiger partial charge in [0, 0.05) is 18.5 Å². The molecular weight excluding hydrogens is 222 g/mol. The van der Waals surface area contributed by atoms with E-state index in [9.17, 15) is 0 Å². The van der Waals surface area contributed by atoms with Crippen LogP contribution in [0.15, 0.2) is 18.2 Å². The third kappa shape index (κ3) is 2.09. The molecule has 1 saturated heterocycles. The SMILES string of the molecule is N#Cc1cccc2c1NCC2C[C@H]1CCCCN1. The maximum absolute atomic E-state index is 9.11. The molecule has 1 fully saturated rings. The molecule has 0 aliphatic carbocycles. The fraction of sp³-hybridized carbons (Fsp3) is 0.533. The van der Waals surface area contributed by atoms with Crippen molar-refractivity contribution in [3.8, 4) is 6.07 Å². The number of anilines is 1. The van der Waals surface area contributed by atoms with Gasteiger partial charge in [0.25, 0.3) is 0 Å². The van der Waals surface area contributed by atoms with E-state index in [2.05, 4.69) is 22.8 Å². The molecule has 2 N–H and O–H groups in total. The molecule has 2 atom stereocenters. The highest BCUT2D eigenvalue weighted by atomic mass is 14.9. The molecule has 0 saturated carbocycles. The van der Waals surface area contributed by atoms with Crippen molar-refractivity contribution in [3.63, 3.8) is 0 Å². The Morgan fingerprint density at radius 1 is 1.33 bits per heavy atom. The Morgan fingerprint density at radius 3 is 3.06 bits per heavy atom. The minimum Gasteiger partial charge on any atom is -0.383 e. The van der Waals surface area contributed by atoms with Crippen molar-refractivity contribution < 1.29 is 0 Å². The highest BCUT2D eigenvalue weighted by molar-refractivity contribution is 5.67. The van der Waals surface area contributed by atoms with Gasteiger partial charge in [-0.3, -0.25) is 0 Å². The zero-order chi connectivity index (χ0) is 12.4. The summed E-state index contributed by atoms with van der Waals surface area (Å²) < 4.78 is 0. The Morgan fingerprint density at radius 2 is 2.28 bits per heavy atom. The summed E-state index contributed by atoms with van der Waals surface area (Å²) >= 11 is 0. The van der Waals surface area contributed by atoms with Gasteiger partial charge in [0.15, 0.2) is 0 Å². The highest BCUT2D eigenvalue weighted by Gasteiger charge is 2.27. The van der Waals surface area contributed by atoms with E-state index >= 15 is 0 Å². The third-order valence-corrected chi connectivity index (χ3v) is 4.16. The van der Waals surface area contributed by atoms with E-state index < -0.39 is 0 Å². The van der Waals surface area contributed by atoms with Crippen LogP contribution in [0.3, 0.4) is 0 Å². The molecule has 18 heavy (non-hydrogen) atoms. The third-order valence-electron chi connectivity index (χ3n) is 4.16. The van der Waals surface area contributed by atoms with Crippen LogP contribution in [0.5, 0.6) is 0 Å². The summed E-state index contributed by atoms with van der Waals surface area (Å²) in [5, 5.41) is 16.1. The lowest BCUT2D eigenvalue weighted by molar-refractivity contribution is 0.366. The summed E-state index contributed by atoms with van der Waals surface area (Å²) in [4.78, 5) is 0. The van der Waals surface area contributed by atoms with E-state index in [4.69, 9.17) is 5.26 Å². The van der Waals surface area contributed by atoms with E-state index in [1.165, 1.54) is 31.2 Å². The lowest BCUT2D eigenvalue weighted by Gasteiger charge is -2.26. The van der Waals surface area contributed by atoms with Crippen molar-refractivity contribution >= 4 is 5.69 Å². The molecule has 1 aromatic carbocycles. The minimum atomic E-state index is 0.559. The summed E-state index contributed by atoms with van der Waals surface area (Å²) in [5.41, 5.74) is 3.19. The number of nitriles is 1. The van der Waals surface area contributed by atoms with Gasteiger partial charge in [-0.2, -0.15) is 5.26 Å². The Labute approximate surface area is 108 Å². The molecule has 3 heteroatoms. The molecule has 0 amide bonds. The zero-order valence-corrected chi connectivity index (χ0v) is 10.6. The van der Waals surface area contributed by atoms with Crippen LogP contribution in [0.25, 0.3) is 0 Å². The molecule has 3 nitrogen and oxygen atoms in total. The largest absolute Gasteiger partial charge is 0.383 e. The molecular formula is C15H19N3. The summed E-state index contributed by atoms with van der Waals surface area (Å²) in [6, 6.07) is 9.00. The van der Waals surface area contributed by atoms with Gasteiger partial charge in [-0.25, -0.2) is 0 Å². The standard InChI is InChI=1S/C15H19N3/c16-9-11-4-3-6-14-12(10-18-15(11)14)8-13-5-1-2-7-17-13/h3-4,6,12-13,17-18H,1-2,5,7-8,10H2/t12?,13-/m1/s1. The fourth-order valence-electron chi connectivity index (χ4n) is 3.21. The molecule has 2 aliphatic rings. The topological polar surface area (TPSA) is 47.9 Å². The van der Waals surface area contributed by atoms with Crippen LogP contribution >= 0.6 is 0 Å². The van der Waals surface area contributed by atoms with Crippen molar-refractivity contribution in [3.05, 3.63) is 29.3 Å². The predicted molar refractivity (Wildman–Crippen MR) is 72.6 cm³/mol. The van der Waals surface area contributed by atoms with Gasteiger partial charge in [0.05, 0.1) is 11.3 Å². The van der Waals surface area contributed by atoms with Gasteiger partial charge >= 0.3 is 0 Å². The quantitative estimate of drug-likeness (QED) is 0.836. The van der Waals surface area contributed by atoms with Crippen molar-refractivity contribution in [1.29, 1.82) is 5.26 Å². The number of para-hydroxylation sites is 1. The van der Waals surface area contributed by atoms with Crippen LogP contribution in [0, 0.1) is 11.3 Å². The zero-order valence-electron chi connectivity index (χ0n) is 10.6. The van der Waals surface area contributed by atoms with E-state index in [0.29, 0.717) is 12.0 Å². The summed E-state index contributed by atoms with van der Waals surface area (Å²) in [7, 11) is 0. The van der Waals surface area contributed by atoms with E-state index in [-0.39, 0.29) is 0 Å². The Bertz CT molecular complexity index is 469. The molecule has 0 radical (unpaired) electrons. The van der Waals surface area contributed by atoms with Crippen LogP contribution in [0.1, 0.15) is 42.7 Å². The van der Waals surface area contributed by atoms with Crippen LogP contribution in [0.2, 0.25) is 0 Å². The van der Waals surface area contributed by atoms with E-state index in [1.54, 1.807) is 0 Å². The maximum atomic E-state index is 9.11. The van der Waals surface area contributed by atoms with Crippen molar-refractivity contribution in [2.24, 2.45) is 0 Å². The first kappa shape index (κ1) is 11.6. The number of fused-ring (bicyclic) bond motifs is 1. The smallest absolute Gasteiger partial charge is 0.101 e. The number of rotatable bonds is 2. The minimum absolute atomic E-state index is 0.559. The molecule has 2 heterocycles. The van der Waals surface area contributed by atoms with Gasteiger partial charge < -0.3 is 10.6 Å². The summed E-state index contributed by atoms with van der Waals surface area (Å²) in [6.07, 6.45) is 5.15. The second-order valence-electron chi connectivity index (χ2n) is 5.34. The summed E-state index contributed by atoms with van der Waals surface area (Å²) in [5.74, 6) is 0.559. The number of piperidine rings is 1. The van der Waals surface area contributed by atoms with Crippen LogP contribution in [-0.2, 0) is 0 Å². The average molecular weight is 241 g/mol. The Kier molecular flexibility index (Phi) is 3.21. The highest BCUT2D eigenvalue weighted by Crippen LogP contribution is 2.37. The average Bonchev–Trinajstić information content (AvgIpc) is 2.83. The number of hydrogen-bond donors (Lipinski definition) is 2. The van der Waals surface area contributed by atoms with Gasteiger partial charge in [-0.15, -0.1) is 0 Å². The predicted octanol–water partition coefficient (Wildman–Crippen LogP) is 2.60. The number of benzene rings is 1. The van der Waals surface area contributed by atoms with Crippen LogP contribution < -0.4 is 10.6 Å². The van der Waals surface area contributed by atoms with Crippen LogP contribution in [-0.4, -0.2) is 19.1 Å². The first-order valence-electron chi connectivity index (χ1n) is 6.89. The number of nitrogens with zero attached hydrogens (tertiary/aromatic N) is 1. The molecule has 2 aliphatic heterocycles.